The van der Waals surface area contributed by atoms with E-state index in [2.05, 4.69) is 10.3 Å². The third kappa shape index (κ3) is 2.86. The molecule has 1 aliphatic rings. The molecular formula is C14H20N2O3S. The lowest BCUT2D eigenvalue weighted by atomic mass is 10.0. The number of benzene rings is 1. The Hall–Kier alpha value is -1.40. The molecule has 1 aromatic carbocycles. The van der Waals surface area contributed by atoms with Gasteiger partial charge >= 0.3 is 0 Å². The fraction of sp³-hybridized carbons (Fsp3) is 0.500. The molecule has 1 fully saturated rings. The monoisotopic (exact) mass is 296 g/mol. The predicted octanol–water partition coefficient (Wildman–Crippen LogP) is 1.64. The lowest BCUT2D eigenvalue weighted by Gasteiger charge is -2.16. The van der Waals surface area contributed by atoms with E-state index in [1.165, 1.54) is 0 Å². The molecule has 0 spiro atoms. The number of amides is 1. The zero-order valence-corrected chi connectivity index (χ0v) is 13.0. The standard InChI is InChI=1S/C14H20N2O3S/c1-8-7-9(2)11(4)13(10(8)3)20(18,19)16-15-14(17)12-5-6-12/h7,12,16H,5-6H2,1-4H3,(H,15,17). The SMILES string of the molecule is Cc1cc(C)c(C)c(S(=O)(=O)NNC(=O)C2CC2)c1C. The maximum Gasteiger partial charge on any atom is 0.257 e. The minimum Gasteiger partial charge on any atom is -0.277 e. The molecule has 2 N–H and O–H groups in total. The Kier molecular flexibility index (Phi) is 3.88. The largest absolute Gasteiger partial charge is 0.277 e. The van der Waals surface area contributed by atoms with Crippen molar-refractivity contribution in [2.24, 2.45) is 5.92 Å². The average Bonchev–Trinajstić information content (AvgIpc) is 3.18. The smallest absolute Gasteiger partial charge is 0.257 e. The van der Waals surface area contributed by atoms with Gasteiger partial charge in [0, 0.05) is 5.92 Å². The van der Waals surface area contributed by atoms with E-state index in [9.17, 15) is 13.2 Å². The summed E-state index contributed by atoms with van der Waals surface area (Å²) in [5.41, 5.74) is 5.56. The zero-order chi connectivity index (χ0) is 15.1. The summed E-state index contributed by atoms with van der Waals surface area (Å²) in [7, 11) is -3.75. The number of hydrazine groups is 1. The van der Waals surface area contributed by atoms with Crippen molar-refractivity contribution in [2.75, 3.05) is 0 Å². The van der Waals surface area contributed by atoms with Crippen LogP contribution in [0.5, 0.6) is 0 Å². The van der Waals surface area contributed by atoms with Crippen LogP contribution in [0.1, 0.15) is 35.1 Å². The summed E-state index contributed by atoms with van der Waals surface area (Å²) in [6.45, 7) is 7.31. The summed E-state index contributed by atoms with van der Waals surface area (Å²) in [5.74, 6) is -0.299. The maximum absolute atomic E-state index is 12.4. The number of carbonyl (C=O) groups excluding carboxylic acids is 1. The van der Waals surface area contributed by atoms with Crippen molar-refractivity contribution in [3.8, 4) is 0 Å². The van der Waals surface area contributed by atoms with Gasteiger partial charge in [-0.3, -0.25) is 10.2 Å². The molecule has 2 rings (SSSR count). The number of sulfonamides is 1. The van der Waals surface area contributed by atoms with E-state index in [0.717, 1.165) is 24.0 Å². The lowest BCUT2D eigenvalue weighted by molar-refractivity contribution is -0.122. The highest BCUT2D eigenvalue weighted by atomic mass is 32.2. The highest BCUT2D eigenvalue weighted by molar-refractivity contribution is 7.89. The summed E-state index contributed by atoms with van der Waals surface area (Å²) >= 11 is 0. The van der Waals surface area contributed by atoms with Gasteiger partial charge in [0.15, 0.2) is 0 Å². The van der Waals surface area contributed by atoms with E-state index in [-0.39, 0.29) is 16.7 Å². The van der Waals surface area contributed by atoms with Crippen molar-refractivity contribution in [1.82, 2.24) is 10.3 Å². The lowest BCUT2D eigenvalue weighted by Crippen LogP contribution is -2.42. The van der Waals surface area contributed by atoms with Gasteiger partial charge in [0.2, 0.25) is 5.91 Å². The highest BCUT2D eigenvalue weighted by Gasteiger charge is 2.31. The van der Waals surface area contributed by atoms with E-state index in [4.69, 9.17) is 0 Å². The molecule has 110 valence electrons. The second-order valence-corrected chi connectivity index (χ2v) is 7.08. The average molecular weight is 296 g/mol. The van der Waals surface area contributed by atoms with Gasteiger partial charge in [-0.05, 0) is 62.8 Å². The van der Waals surface area contributed by atoms with Crippen LogP contribution in [-0.4, -0.2) is 14.3 Å². The Morgan fingerprint density at radius 1 is 1.10 bits per heavy atom. The molecule has 0 atom stereocenters. The minimum atomic E-state index is -3.75. The number of hydrogen-bond donors (Lipinski definition) is 2. The van der Waals surface area contributed by atoms with Crippen molar-refractivity contribution in [3.63, 3.8) is 0 Å². The third-order valence-electron chi connectivity index (χ3n) is 3.82. The molecule has 0 aromatic heterocycles. The van der Waals surface area contributed by atoms with Gasteiger partial charge in [0.1, 0.15) is 0 Å². The van der Waals surface area contributed by atoms with E-state index in [1.54, 1.807) is 13.8 Å². The first-order valence-corrected chi connectivity index (χ1v) is 8.11. The minimum absolute atomic E-state index is 0.0425. The van der Waals surface area contributed by atoms with Crippen LogP contribution in [0.3, 0.4) is 0 Å². The van der Waals surface area contributed by atoms with Crippen LogP contribution in [0.25, 0.3) is 0 Å². The molecule has 0 unspecified atom stereocenters. The van der Waals surface area contributed by atoms with Crippen molar-refractivity contribution in [1.29, 1.82) is 0 Å². The second-order valence-electron chi connectivity index (χ2n) is 5.46. The number of hydrogen-bond acceptors (Lipinski definition) is 3. The van der Waals surface area contributed by atoms with Gasteiger partial charge in [0.25, 0.3) is 10.0 Å². The molecule has 0 saturated heterocycles. The normalized spacial score (nSPS) is 15.2. The van der Waals surface area contributed by atoms with Crippen LogP contribution in [0.4, 0.5) is 0 Å². The van der Waals surface area contributed by atoms with Crippen molar-refractivity contribution in [2.45, 2.75) is 45.4 Å². The predicted molar refractivity (Wildman–Crippen MR) is 76.6 cm³/mol. The molecule has 6 heteroatoms. The fourth-order valence-corrected chi connectivity index (χ4v) is 3.67. The first kappa shape index (κ1) is 15.0. The first-order chi connectivity index (χ1) is 9.24. The van der Waals surface area contributed by atoms with Crippen LogP contribution in [0.15, 0.2) is 11.0 Å². The van der Waals surface area contributed by atoms with E-state index < -0.39 is 10.0 Å². The quantitative estimate of drug-likeness (QED) is 0.829. The molecule has 0 heterocycles. The van der Waals surface area contributed by atoms with Crippen LogP contribution < -0.4 is 10.3 Å². The molecule has 1 saturated carbocycles. The summed E-state index contributed by atoms with van der Waals surface area (Å²) in [6.07, 6.45) is 1.66. The van der Waals surface area contributed by atoms with Gasteiger partial charge in [-0.25, -0.2) is 8.42 Å². The number of rotatable bonds is 4. The van der Waals surface area contributed by atoms with Crippen LogP contribution in [-0.2, 0) is 14.8 Å². The zero-order valence-electron chi connectivity index (χ0n) is 12.2. The Bertz CT molecular complexity index is 635. The van der Waals surface area contributed by atoms with E-state index in [0.29, 0.717) is 11.1 Å². The molecule has 0 aliphatic heterocycles. The Labute approximate surface area is 119 Å². The first-order valence-electron chi connectivity index (χ1n) is 6.63. The van der Waals surface area contributed by atoms with Gasteiger partial charge in [-0.2, -0.15) is 0 Å². The van der Waals surface area contributed by atoms with Crippen molar-refractivity contribution < 1.29 is 13.2 Å². The van der Waals surface area contributed by atoms with Crippen molar-refractivity contribution >= 4 is 15.9 Å². The third-order valence-corrected chi connectivity index (χ3v) is 5.34. The van der Waals surface area contributed by atoms with Gasteiger partial charge < -0.3 is 0 Å². The van der Waals surface area contributed by atoms with Crippen molar-refractivity contribution in [3.05, 3.63) is 28.3 Å². The molecular weight excluding hydrogens is 276 g/mol. The summed E-state index contributed by atoms with van der Waals surface area (Å²) in [5, 5.41) is 0. The number of nitrogens with one attached hydrogen (secondary N) is 2. The molecule has 1 aromatic rings. The Balaban J connectivity index is 2.31. The molecule has 1 aliphatic carbocycles. The number of aryl methyl sites for hydroxylation is 2. The Morgan fingerprint density at radius 2 is 1.60 bits per heavy atom. The molecule has 1 amide bonds. The maximum atomic E-state index is 12.4. The van der Waals surface area contributed by atoms with Gasteiger partial charge in [-0.1, -0.05) is 6.07 Å². The van der Waals surface area contributed by atoms with Crippen LogP contribution in [0, 0.1) is 33.6 Å². The van der Waals surface area contributed by atoms with Crippen LogP contribution >= 0.6 is 0 Å². The number of carbonyl (C=O) groups is 1. The molecule has 20 heavy (non-hydrogen) atoms. The molecule has 0 bridgehead atoms. The topological polar surface area (TPSA) is 75.3 Å². The highest BCUT2D eigenvalue weighted by Crippen LogP contribution is 2.29. The summed E-state index contributed by atoms with van der Waals surface area (Å²) in [6, 6.07) is 1.96. The van der Waals surface area contributed by atoms with Crippen LogP contribution in [0.2, 0.25) is 0 Å². The van der Waals surface area contributed by atoms with E-state index in [1.807, 2.05) is 19.9 Å². The van der Waals surface area contributed by atoms with Gasteiger partial charge in [0.05, 0.1) is 4.90 Å². The van der Waals surface area contributed by atoms with Gasteiger partial charge in [-0.15, -0.1) is 4.83 Å². The Morgan fingerprint density at radius 3 is 2.05 bits per heavy atom. The molecule has 0 radical (unpaired) electrons. The fourth-order valence-electron chi connectivity index (χ4n) is 2.20. The van der Waals surface area contributed by atoms with E-state index >= 15 is 0 Å². The summed E-state index contributed by atoms with van der Waals surface area (Å²) < 4.78 is 24.8. The second kappa shape index (κ2) is 5.18. The molecule has 5 nitrogen and oxygen atoms in total. The summed E-state index contributed by atoms with van der Waals surface area (Å²) in [4.78, 5) is 14.0.